The summed E-state index contributed by atoms with van der Waals surface area (Å²) < 4.78 is 38.1. The normalized spacial score (nSPS) is 21.8. The number of fused-ring (bicyclic) bond motifs is 1. The third kappa shape index (κ3) is 4.66. The number of rotatable bonds is 8. The topological polar surface area (TPSA) is 132 Å². The molecule has 0 bridgehead atoms. The number of benzene rings is 2. The highest BCUT2D eigenvalue weighted by atomic mass is 32.2. The summed E-state index contributed by atoms with van der Waals surface area (Å²) in [5.41, 5.74) is 3.02. The number of aromatic carboxylic acids is 1. The smallest absolute Gasteiger partial charge is 0.339 e. The van der Waals surface area contributed by atoms with Gasteiger partial charge in [0.05, 0.1) is 29.8 Å². The van der Waals surface area contributed by atoms with Crippen molar-refractivity contribution in [3.8, 4) is 11.4 Å². The summed E-state index contributed by atoms with van der Waals surface area (Å²) in [6.45, 7) is 5.02. The number of aryl methyl sites for hydroxylation is 1. The van der Waals surface area contributed by atoms with E-state index in [1.54, 1.807) is 33.6 Å². The molecule has 1 aliphatic carbocycles. The van der Waals surface area contributed by atoms with E-state index in [1.165, 1.54) is 10.5 Å². The minimum Gasteiger partial charge on any atom is -0.488 e. The number of hydrogen-bond acceptors (Lipinski definition) is 7. The highest BCUT2D eigenvalue weighted by molar-refractivity contribution is 7.89. The molecular weight excluding hydrogens is 532 g/mol. The second-order valence-electron chi connectivity index (χ2n) is 10.2. The van der Waals surface area contributed by atoms with Crippen molar-refractivity contribution >= 4 is 16.0 Å². The van der Waals surface area contributed by atoms with Gasteiger partial charge in [-0.25, -0.2) is 17.9 Å². The second kappa shape index (κ2) is 10.2. The predicted octanol–water partition coefficient (Wildman–Crippen LogP) is 3.81. The first-order chi connectivity index (χ1) is 19.3. The molecule has 0 spiro atoms. The number of carboxylic acids is 1. The largest absolute Gasteiger partial charge is 0.488 e. The van der Waals surface area contributed by atoms with E-state index < -0.39 is 16.0 Å². The maximum atomic E-state index is 13.6. The summed E-state index contributed by atoms with van der Waals surface area (Å²) in [5, 5.41) is 22.8. The number of carboxylic acid groups (broad SMARTS) is 1. The maximum Gasteiger partial charge on any atom is 0.339 e. The fourth-order valence-electron chi connectivity index (χ4n) is 5.34. The molecule has 0 radical (unpaired) electrons. The van der Waals surface area contributed by atoms with E-state index in [0.29, 0.717) is 30.1 Å². The van der Waals surface area contributed by atoms with Gasteiger partial charge in [0.15, 0.2) is 0 Å². The molecule has 11 nitrogen and oxygen atoms in total. The molecule has 12 heteroatoms. The molecule has 0 saturated heterocycles. The molecule has 2 aromatic heterocycles. The highest BCUT2D eigenvalue weighted by Crippen LogP contribution is 2.55. The standard InChI is InChI=1S/C28H30N6O5S/c1-3-20-16-33(40(37,38)26-11-6-5-10-25(26)39-20)15-18-8-7-9-19(12-18)34-27(23(14-29-34)28(35)36)22-13-21(22)24-17-32(4-2)31-30-24/h5-12,14,17,20-22H,3-4,13,15-16H2,1-2H3,(H,35,36)/t20-,21-,22-/m1/s1. The Bertz CT molecular complexity index is 1680. The highest BCUT2D eigenvalue weighted by Gasteiger charge is 2.46. The Morgan fingerprint density at radius 2 is 1.95 bits per heavy atom. The molecule has 4 aromatic rings. The zero-order chi connectivity index (χ0) is 28.0. The molecule has 0 amide bonds. The molecule has 6 rings (SSSR count). The van der Waals surface area contributed by atoms with Crippen LogP contribution in [0.4, 0.5) is 0 Å². The number of aromatic nitrogens is 5. The van der Waals surface area contributed by atoms with Crippen molar-refractivity contribution in [2.75, 3.05) is 6.54 Å². The summed E-state index contributed by atoms with van der Waals surface area (Å²) in [6, 6.07) is 14.1. The fourth-order valence-corrected chi connectivity index (χ4v) is 6.92. The Hall–Kier alpha value is -4.03. The van der Waals surface area contributed by atoms with E-state index in [9.17, 15) is 18.3 Å². The first-order valence-corrected chi connectivity index (χ1v) is 14.8. The summed E-state index contributed by atoms with van der Waals surface area (Å²) in [5.74, 6) is -0.680. The van der Waals surface area contributed by atoms with Crippen molar-refractivity contribution in [1.82, 2.24) is 29.1 Å². The predicted molar refractivity (Wildman–Crippen MR) is 145 cm³/mol. The Labute approximate surface area is 232 Å². The molecule has 40 heavy (non-hydrogen) atoms. The van der Waals surface area contributed by atoms with Crippen LogP contribution in [-0.4, -0.2) is 61.2 Å². The van der Waals surface area contributed by atoms with Crippen LogP contribution in [0.2, 0.25) is 0 Å². The monoisotopic (exact) mass is 562 g/mol. The molecule has 1 saturated carbocycles. The molecule has 1 aliphatic heterocycles. The third-order valence-corrected chi connectivity index (χ3v) is 9.43. The van der Waals surface area contributed by atoms with Crippen molar-refractivity contribution in [2.24, 2.45) is 0 Å². The number of nitrogens with zero attached hydrogens (tertiary/aromatic N) is 6. The van der Waals surface area contributed by atoms with Gasteiger partial charge in [-0.05, 0) is 49.6 Å². The number of carbonyl (C=O) groups is 1. The molecule has 3 atom stereocenters. The Balaban J connectivity index is 1.32. The van der Waals surface area contributed by atoms with Crippen molar-refractivity contribution in [3.63, 3.8) is 0 Å². The van der Waals surface area contributed by atoms with E-state index in [0.717, 1.165) is 17.7 Å². The lowest BCUT2D eigenvalue weighted by atomic mass is 10.1. The first kappa shape index (κ1) is 26.2. The maximum absolute atomic E-state index is 13.6. The van der Waals surface area contributed by atoms with Crippen LogP contribution >= 0.6 is 0 Å². The van der Waals surface area contributed by atoms with E-state index in [1.807, 2.05) is 44.3 Å². The quantitative estimate of drug-likeness (QED) is 0.343. The van der Waals surface area contributed by atoms with Crippen LogP contribution in [0.3, 0.4) is 0 Å². The van der Waals surface area contributed by atoms with Crippen LogP contribution in [0.1, 0.15) is 65.8 Å². The van der Waals surface area contributed by atoms with Crippen molar-refractivity contribution in [1.29, 1.82) is 0 Å². The summed E-state index contributed by atoms with van der Waals surface area (Å²) in [7, 11) is -3.80. The lowest BCUT2D eigenvalue weighted by molar-refractivity contribution is 0.0695. The number of ether oxygens (including phenoxy) is 1. The van der Waals surface area contributed by atoms with Gasteiger partial charge in [-0.15, -0.1) is 5.10 Å². The van der Waals surface area contributed by atoms with E-state index in [2.05, 4.69) is 15.4 Å². The van der Waals surface area contributed by atoms with Gasteiger partial charge >= 0.3 is 5.97 Å². The van der Waals surface area contributed by atoms with Crippen LogP contribution in [0.5, 0.6) is 5.75 Å². The second-order valence-corrected chi connectivity index (χ2v) is 12.1. The van der Waals surface area contributed by atoms with E-state index >= 15 is 0 Å². The first-order valence-electron chi connectivity index (χ1n) is 13.4. The fraction of sp³-hybridized carbons (Fsp3) is 0.357. The summed E-state index contributed by atoms with van der Waals surface area (Å²) in [6.07, 6.45) is 4.40. The van der Waals surface area contributed by atoms with Gasteiger partial charge in [0.1, 0.15) is 22.3 Å². The Morgan fingerprint density at radius 3 is 2.70 bits per heavy atom. The van der Waals surface area contributed by atoms with Gasteiger partial charge in [0, 0.05) is 31.1 Å². The lowest BCUT2D eigenvalue weighted by Gasteiger charge is -2.22. The number of sulfonamides is 1. The van der Waals surface area contributed by atoms with Crippen molar-refractivity contribution in [2.45, 2.75) is 62.6 Å². The van der Waals surface area contributed by atoms with Crippen LogP contribution < -0.4 is 4.74 Å². The number of hydrogen-bond donors (Lipinski definition) is 1. The molecule has 1 N–H and O–H groups in total. The average Bonchev–Trinajstić information content (AvgIpc) is 3.39. The molecule has 1 fully saturated rings. The SMILES string of the molecule is CC[C@@H]1CN(Cc2cccc(-n3ncc(C(=O)O)c3[C@@H]3C[C@H]3c3cn(CC)nn3)c2)S(=O)(=O)c2ccccc2O1. The summed E-state index contributed by atoms with van der Waals surface area (Å²) in [4.78, 5) is 12.3. The summed E-state index contributed by atoms with van der Waals surface area (Å²) >= 11 is 0. The molecule has 0 unspecified atom stereocenters. The van der Waals surface area contributed by atoms with Gasteiger partial charge < -0.3 is 9.84 Å². The molecule has 208 valence electrons. The zero-order valence-electron chi connectivity index (χ0n) is 22.2. The third-order valence-electron chi connectivity index (χ3n) is 7.58. The van der Waals surface area contributed by atoms with Crippen molar-refractivity contribution in [3.05, 3.63) is 83.4 Å². The van der Waals surface area contributed by atoms with Gasteiger partial charge in [0.2, 0.25) is 10.0 Å². The lowest BCUT2D eigenvalue weighted by Crippen LogP contribution is -2.36. The van der Waals surface area contributed by atoms with Crippen LogP contribution in [0, 0.1) is 0 Å². The van der Waals surface area contributed by atoms with Gasteiger partial charge in [-0.1, -0.05) is 36.4 Å². The Kier molecular flexibility index (Phi) is 6.67. The van der Waals surface area contributed by atoms with Gasteiger partial charge in [-0.2, -0.15) is 9.40 Å². The van der Waals surface area contributed by atoms with E-state index in [-0.39, 0.29) is 41.5 Å². The van der Waals surface area contributed by atoms with E-state index in [4.69, 9.17) is 4.74 Å². The molecule has 2 aromatic carbocycles. The Morgan fingerprint density at radius 1 is 1.12 bits per heavy atom. The van der Waals surface area contributed by atoms with Crippen LogP contribution in [0.15, 0.2) is 65.8 Å². The molecule has 2 aliphatic rings. The molecular formula is C28H30N6O5S. The average molecular weight is 563 g/mol. The van der Waals surface area contributed by atoms with Crippen molar-refractivity contribution < 1.29 is 23.1 Å². The minimum atomic E-state index is -3.80. The number of para-hydroxylation sites is 1. The molecule has 3 heterocycles. The van der Waals surface area contributed by atoms with Gasteiger partial charge in [-0.3, -0.25) is 4.68 Å². The minimum absolute atomic E-state index is 0.0605. The zero-order valence-corrected chi connectivity index (χ0v) is 23.0. The van der Waals surface area contributed by atoms with Gasteiger partial charge in [0.25, 0.3) is 0 Å². The van der Waals surface area contributed by atoms with Crippen LogP contribution in [0.25, 0.3) is 5.69 Å². The van der Waals surface area contributed by atoms with Crippen LogP contribution in [-0.2, 0) is 23.1 Å².